The summed E-state index contributed by atoms with van der Waals surface area (Å²) < 4.78 is 7.58. The summed E-state index contributed by atoms with van der Waals surface area (Å²) >= 11 is 0. The van der Waals surface area contributed by atoms with Crippen LogP contribution < -0.4 is 10.6 Å². The fourth-order valence-electron chi connectivity index (χ4n) is 3.01. The molecular formula is C21H23N7O. The van der Waals surface area contributed by atoms with Crippen LogP contribution in [0.15, 0.2) is 70.4 Å². The van der Waals surface area contributed by atoms with Crippen LogP contribution in [-0.2, 0) is 13.0 Å². The molecule has 8 heteroatoms. The van der Waals surface area contributed by atoms with Crippen molar-refractivity contribution in [2.75, 3.05) is 13.6 Å². The van der Waals surface area contributed by atoms with Gasteiger partial charge < -0.3 is 15.1 Å². The lowest BCUT2D eigenvalue weighted by Crippen LogP contribution is -2.37. The Morgan fingerprint density at radius 2 is 1.93 bits per heavy atom. The Bertz CT molecular complexity index is 1080. The van der Waals surface area contributed by atoms with Gasteiger partial charge in [0.2, 0.25) is 5.89 Å². The van der Waals surface area contributed by atoms with Gasteiger partial charge in [0, 0.05) is 31.8 Å². The summed E-state index contributed by atoms with van der Waals surface area (Å²) in [6.07, 6.45) is 5.40. The van der Waals surface area contributed by atoms with E-state index >= 15 is 0 Å². The minimum atomic E-state index is 0.533. The first-order valence-electron chi connectivity index (χ1n) is 9.56. The predicted molar refractivity (Wildman–Crippen MR) is 111 cm³/mol. The Morgan fingerprint density at radius 1 is 1.07 bits per heavy atom. The van der Waals surface area contributed by atoms with Gasteiger partial charge in [0.1, 0.15) is 12.1 Å². The van der Waals surface area contributed by atoms with Crippen molar-refractivity contribution in [3.8, 4) is 11.5 Å². The molecule has 0 aliphatic carbocycles. The summed E-state index contributed by atoms with van der Waals surface area (Å²) in [7, 11) is 1.75. The molecule has 0 unspecified atom stereocenters. The summed E-state index contributed by atoms with van der Waals surface area (Å²) in [6, 6.07) is 15.7. The van der Waals surface area contributed by atoms with Crippen LogP contribution in [0.25, 0.3) is 17.1 Å². The number of aromatic nitrogens is 4. The van der Waals surface area contributed by atoms with Gasteiger partial charge in [-0.15, -0.1) is 10.2 Å². The number of oxazole rings is 1. The van der Waals surface area contributed by atoms with Crippen molar-refractivity contribution < 1.29 is 4.42 Å². The van der Waals surface area contributed by atoms with Crippen LogP contribution in [0.4, 0.5) is 0 Å². The van der Waals surface area contributed by atoms with E-state index in [1.165, 1.54) is 0 Å². The lowest BCUT2D eigenvalue weighted by atomic mass is 10.2. The molecule has 0 saturated carbocycles. The summed E-state index contributed by atoms with van der Waals surface area (Å²) in [5, 5.41) is 15.0. The van der Waals surface area contributed by atoms with Crippen LogP contribution in [0.1, 0.15) is 17.9 Å². The quantitative estimate of drug-likeness (QED) is 0.287. The van der Waals surface area contributed by atoms with E-state index in [9.17, 15) is 0 Å². The Morgan fingerprint density at radius 3 is 2.79 bits per heavy atom. The normalized spacial score (nSPS) is 11.7. The molecule has 8 nitrogen and oxygen atoms in total. The zero-order valence-corrected chi connectivity index (χ0v) is 16.2. The topological polar surface area (TPSA) is 92.6 Å². The molecule has 0 amide bonds. The molecule has 4 aromatic rings. The number of aryl methyl sites for hydroxylation is 1. The van der Waals surface area contributed by atoms with Crippen molar-refractivity contribution in [1.82, 2.24) is 30.2 Å². The van der Waals surface area contributed by atoms with E-state index in [2.05, 4.69) is 30.8 Å². The fraction of sp³-hybridized carbons (Fsp3) is 0.238. The summed E-state index contributed by atoms with van der Waals surface area (Å²) in [5.41, 5.74) is 2.65. The largest absolute Gasteiger partial charge is 0.444 e. The number of benzene rings is 1. The van der Waals surface area contributed by atoms with E-state index in [4.69, 9.17) is 4.42 Å². The number of aliphatic imine (C=N–C) groups is 1. The third kappa shape index (κ3) is 4.60. The number of guanidine groups is 1. The second kappa shape index (κ2) is 9.01. The second-order valence-electron chi connectivity index (χ2n) is 6.51. The Labute approximate surface area is 168 Å². The van der Waals surface area contributed by atoms with Crippen LogP contribution in [0.3, 0.4) is 0 Å². The molecule has 0 saturated heterocycles. The lowest BCUT2D eigenvalue weighted by molar-refractivity contribution is 0.572. The van der Waals surface area contributed by atoms with Gasteiger partial charge >= 0.3 is 0 Å². The first-order chi connectivity index (χ1) is 14.3. The van der Waals surface area contributed by atoms with Gasteiger partial charge in [-0.1, -0.05) is 24.3 Å². The first kappa shape index (κ1) is 18.7. The van der Waals surface area contributed by atoms with Crippen molar-refractivity contribution in [1.29, 1.82) is 0 Å². The van der Waals surface area contributed by atoms with Crippen LogP contribution in [-0.4, -0.2) is 39.1 Å². The standard InChI is InChI=1S/C21H23N7O/c1-22-21(23-12-7-11-19-27-26-18-10-5-6-13-28(18)19)24-14-17-15-29-20(25-17)16-8-3-2-4-9-16/h2-6,8-10,13,15H,7,11-12,14H2,1H3,(H2,22,23,24). The third-order valence-corrected chi connectivity index (χ3v) is 4.49. The molecule has 0 atom stereocenters. The van der Waals surface area contributed by atoms with Crippen molar-refractivity contribution in [2.24, 2.45) is 4.99 Å². The number of nitrogens with zero attached hydrogens (tertiary/aromatic N) is 5. The van der Waals surface area contributed by atoms with Gasteiger partial charge in [-0.05, 0) is 30.7 Å². The molecular weight excluding hydrogens is 366 g/mol. The van der Waals surface area contributed by atoms with Gasteiger partial charge in [-0.3, -0.25) is 9.39 Å². The molecule has 3 heterocycles. The summed E-state index contributed by atoms with van der Waals surface area (Å²) in [5.74, 6) is 2.30. The average molecular weight is 389 g/mol. The van der Waals surface area contributed by atoms with Crippen molar-refractivity contribution in [3.63, 3.8) is 0 Å². The first-order valence-corrected chi connectivity index (χ1v) is 9.56. The highest BCUT2D eigenvalue weighted by Crippen LogP contribution is 2.17. The number of fused-ring (bicyclic) bond motifs is 1. The highest BCUT2D eigenvalue weighted by molar-refractivity contribution is 5.79. The number of hydrogen-bond donors (Lipinski definition) is 2. The van der Waals surface area contributed by atoms with Crippen molar-refractivity contribution in [2.45, 2.75) is 19.4 Å². The van der Waals surface area contributed by atoms with E-state index in [0.717, 1.165) is 48.1 Å². The van der Waals surface area contributed by atoms with Gasteiger partial charge in [0.15, 0.2) is 11.6 Å². The molecule has 2 N–H and O–H groups in total. The van der Waals surface area contributed by atoms with E-state index in [1.54, 1.807) is 13.3 Å². The van der Waals surface area contributed by atoms with Gasteiger partial charge in [0.25, 0.3) is 0 Å². The molecule has 0 radical (unpaired) electrons. The summed E-state index contributed by atoms with van der Waals surface area (Å²) in [4.78, 5) is 8.77. The molecule has 3 aromatic heterocycles. The molecule has 0 bridgehead atoms. The molecule has 1 aromatic carbocycles. The predicted octanol–water partition coefficient (Wildman–Crippen LogP) is 2.68. The van der Waals surface area contributed by atoms with Crippen molar-refractivity contribution in [3.05, 3.63) is 72.5 Å². The number of rotatable bonds is 7. The molecule has 0 aliphatic heterocycles. The van der Waals surface area contributed by atoms with E-state index in [-0.39, 0.29) is 0 Å². The van der Waals surface area contributed by atoms with E-state index < -0.39 is 0 Å². The minimum absolute atomic E-state index is 0.533. The molecule has 0 aliphatic rings. The molecule has 29 heavy (non-hydrogen) atoms. The van der Waals surface area contributed by atoms with Crippen LogP contribution >= 0.6 is 0 Å². The Kier molecular flexibility index (Phi) is 5.80. The average Bonchev–Trinajstić information content (AvgIpc) is 3.41. The van der Waals surface area contributed by atoms with Crippen LogP contribution in [0.5, 0.6) is 0 Å². The SMILES string of the molecule is CN=C(NCCCc1nnc2ccccn12)NCc1coc(-c2ccccc2)n1. The smallest absolute Gasteiger partial charge is 0.226 e. The zero-order chi connectivity index (χ0) is 19.9. The maximum absolute atomic E-state index is 5.57. The number of nitrogens with one attached hydrogen (secondary N) is 2. The highest BCUT2D eigenvalue weighted by atomic mass is 16.3. The zero-order valence-electron chi connectivity index (χ0n) is 16.2. The highest BCUT2D eigenvalue weighted by Gasteiger charge is 2.07. The molecule has 4 rings (SSSR count). The third-order valence-electron chi connectivity index (χ3n) is 4.49. The second-order valence-corrected chi connectivity index (χ2v) is 6.51. The maximum atomic E-state index is 5.57. The Balaban J connectivity index is 1.23. The maximum Gasteiger partial charge on any atom is 0.226 e. The monoisotopic (exact) mass is 389 g/mol. The van der Waals surface area contributed by atoms with Gasteiger partial charge in [-0.2, -0.15) is 0 Å². The van der Waals surface area contributed by atoms with Crippen LogP contribution in [0.2, 0.25) is 0 Å². The number of hydrogen-bond acceptors (Lipinski definition) is 5. The number of pyridine rings is 1. The molecule has 0 fully saturated rings. The Hall–Kier alpha value is -3.68. The molecule has 0 spiro atoms. The van der Waals surface area contributed by atoms with Gasteiger partial charge in [0.05, 0.1) is 12.2 Å². The minimum Gasteiger partial charge on any atom is -0.444 e. The molecule has 148 valence electrons. The van der Waals surface area contributed by atoms with Gasteiger partial charge in [-0.25, -0.2) is 4.98 Å². The van der Waals surface area contributed by atoms with E-state index in [1.807, 2.05) is 59.1 Å². The lowest BCUT2D eigenvalue weighted by Gasteiger charge is -2.10. The fourth-order valence-corrected chi connectivity index (χ4v) is 3.01. The van der Waals surface area contributed by atoms with Crippen molar-refractivity contribution >= 4 is 11.6 Å². The van der Waals surface area contributed by atoms with E-state index in [0.29, 0.717) is 12.4 Å². The van der Waals surface area contributed by atoms with Crippen LogP contribution in [0, 0.1) is 0 Å². The summed E-state index contributed by atoms with van der Waals surface area (Å²) in [6.45, 7) is 1.31.